The second-order valence-corrected chi connectivity index (χ2v) is 6.14. The van der Waals surface area contributed by atoms with Gasteiger partial charge in [0.15, 0.2) is 0 Å². The van der Waals surface area contributed by atoms with Gasteiger partial charge in [0.1, 0.15) is 0 Å². The Balaban J connectivity index is 2.09. The highest BCUT2D eigenvalue weighted by Gasteiger charge is 2.50. The standard InChI is InChI=1S/C16H24ClN/c1-4-10-18-15-11-14(16(15,3)5-2)12-6-8-13(17)9-7-12/h6-9,14-15,18H,4-5,10-11H2,1-3H3. The van der Waals surface area contributed by atoms with Crippen LogP contribution in [0.4, 0.5) is 0 Å². The molecule has 1 saturated carbocycles. The van der Waals surface area contributed by atoms with Gasteiger partial charge in [0.25, 0.3) is 0 Å². The van der Waals surface area contributed by atoms with Gasteiger partial charge < -0.3 is 5.32 Å². The van der Waals surface area contributed by atoms with Gasteiger partial charge in [-0.3, -0.25) is 0 Å². The van der Waals surface area contributed by atoms with Gasteiger partial charge >= 0.3 is 0 Å². The van der Waals surface area contributed by atoms with E-state index in [9.17, 15) is 0 Å². The van der Waals surface area contributed by atoms with Crippen LogP contribution in [-0.4, -0.2) is 12.6 Å². The minimum Gasteiger partial charge on any atom is -0.313 e. The zero-order valence-electron chi connectivity index (χ0n) is 11.7. The summed E-state index contributed by atoms with van der Waals surface area (Å²) in [6.45, 7) is 8.09. The van der Waals surface area contributed by atoms with E-state index in [0.717, 1.165) is 11.6 Å². The van der Waals surface area contributed by atoms with E-state index in [1.165, 1.54) is 24.8 Å². The van der Waals surface area contributed by atoms with Crippen LogP contribution in [-0.2, 0) is 0 Å². The molecule has 3 unspecified atom stereocenters. The first kappa shape index (κ1) is 13.9. The molecular formula is C16H24ClN. The molecule has 100 valence electrons. The van der Waals surface area contributed by atoms with Crippen LogP contribution in [0.3, 0.4) is 0 Å². The van der Waals surface area contributed by atoms with E-state index in [2.05, 4.69) is 38.2 Å². The van der Waals surface area contributed by atoms with Crippen molar-refractivity contribution in [3.05, 3.63) is 34.9 Å². The Morgan fingerprint density at radius 1 is 1.28 bits per heavy atom. The van der Waals surface area contributed by atoms with Gasteiger partial charge in [0.2, 0.25) is 0 Å². The topological polar surface area (TPSA) is 12.0 Å². The zero-order valence-corrected chi connectivity index (χ0v) is 12.4. The lowest BCUT2D eigenvalue weighted by Crippen LogP contribution is -2.56. The molecule has 2 rings (SSSR count). The van der Waals surface area contributed by atoms with Gasteiger partial charge in [-0.1, -0.05) is 44.5 Å². The molecule has 18 heavy (non-hydrogen) atoms. The average Bonchev–Trinajstić information content (AvgIpc) is 2.38. The first-order chi connectivity index (χ1) is 8.61. The van der Waals surface area contributed by atoms with Crippen molar-refractivity contribution in [1.29, 1.82) is 0 Å². The molecule has 0 saturated heterocycles. The Morgan fingerprint density at radius 2 is 1.94 bits per heavy atom. The van der Waals surface area contributed by atoms with E-state index in [-0.39, 0.29) is 0 Å². The van der Waals surface area contributed by atoms with Crippen LogP contribution in [0.25, 0.3) is 0 Å². The maximum Gasteiger partial charge on any atom is 0.0406 e. The van der Waals surface area contributed by atoms with Gasteiger partial charge in [-0.15, -0.1) is 0 Å². The smallest absolute Gasteiger partial charge is 0.0406 e. The molecule has 1 aromatic carbocycles. The Labute approximate surface area is 116 Å². The molecule has 0 bridgehead atoms. The fourth-order valence-electron chi connectivity index (χ4n) is 3.20. The van der Waals surface area contributed by atoms with Gasteiger partial charge in [-0.05, 0) is 54.8 Å². The molecule has 3 atom stereocenters. The van der Waals surface area contributed by atoms with Gasteiger partial charge in [0, 0.05) is 11.1 Å². The summed E-state index contributed by atoms with van der Waals surface area (Å²) in [6.07, 6.45) is 3.69. The van der Waals surface area contributed by atoms with E-state index in [0.29, 0.717) is 17.4 Å². The number of halogens is 1. The molecule has 0 heterocycles. The van der Waals surface area contributed by atoms with Crippen molar-refractivity contribution in [3.8, 4) is 0 Å². The fraction of sp³-hybridized carbons (Fsp3) is 0.625. The molecular weight excluding hydrogens is 242 g/mol. The first-order valence-electron chi connectivity index (χ1n) is 7.10. The van der Waals surface area contributed by atoms with Crippen molar-refractivity contribution in [3.63, 3.8) is 0 Å². The molecule has 1 aliphatic rings. The number of hydrogen-bond acceptors (Lipinski definition) is 1. The summed E-state index contributed by atoms with van der Waals surface area (Å²) in [5, 5.41) is 4.53. The third-order valence-electron chi connectivity index (χ3n) is 4.74. The third-order valence-corrected chi connectivity index (χ3v) is 4.99. The van der Waals surface area contributed by atoms with Crippen LogP contribution in [0.2, 0.25) is 5.02 Å². The summed E-state index contributed by atoms with van der Waals surface area (Å²) in [5.41, 5.74) is 1.83. The van der Waals surface area contributed by atoms with Crippen molar-refractivity contribution in [2.75, 3.05) is 6.54 Å². The summed E-state index contributed by atoms with van der Waals surface area (Å²) < 4.78 is 0. The molecule has 1 N–H and O–H groups in total. The molecule has 1 nitrogen and oxygen atoms in total. The highest BCUT2D eigenvalue weighted by Crippen LogP contribution is 2.54. The van der Waals surface area contributed by atoms with Crippen LogP contribution in [0.5, 0.6) is 0 Å². The zero-order chi connectivity index (χ0) is 13.2. The maximum absolute atomic E-state index is 5.97. The van der Waals surface area contributed by atoms with Crippen molar-refractivity contribution >= 4 is 11.6 Å². The maximum atomic E-state index is 5.97. The Morgan fingerprint density at radius 3 is 2.50 bits per heavy atom. The van der Waals surface area contributed by atoms with E-state index >= 15 is 0 Å². The van der Waals surface area contributed by atoms with Gasteiger partial charge in [-0.2, -0.15) is 0 Å². The van der Waals surface area contributed by atoms with Crippen LogP contribution in [0, 0.1) is 5.41 Å². The van der Waals surface area contributed by atoms with Crippen molar-refractivity contribution in [2.24, 2.45) is 5.41 Å². The lowest BCUT2D eigenvalue weighted by Gasteiger charge is -2.55. The Hall–Kier alpha value is -0.530. The molecule has 0 aliphatic heterocycles. The second kappa shape index (κ2) is 5.63. The predicted octanol–water partition coefficient (Wildman–Crippen LogP) is 4.61. The summed E-state index contributed by atoms with van der Waals surface area (Å²) in [7, 11) is 0. The monoisotopic (exact) mass is 265 g/mol. The quantitative estimate of drug-likeness (QED) is 0.820. The molecule has 1 aromatic rings. The molecule has 1 fully saturated rings. The van der Waals surface area contributed by atoms with Crippen molar-refractivity contribution in [1.82, 2.24) is 5.32 Å². The third kappa shape index (κ3) is 2.44. The van der Waals surface area contributed by atoms with Gasteiger partial charge in [0.05, 0.1) is 0 Å². The number of nitrogens with one attached hydrogen (secondary N) is 1. The number of benzene rings is 1. The normalized spacial score (nSPS) is 31.1. The van der Waals surface area contributed by atoms with Crippen LogP contribution >= 0.6 is 11.6 Å². The van der Waals surface area contributed by atoms with E-state index < -0.39 is 0 Å². The van der Waals surface area contributed by atoms with E-state index in [1.54, 1.807) is 0 Å². The molecule has 1 aliphatic carbocycles. The lowest BCUT2D eigenvalue weighted by atomic mass is 9.54. The SMILES string of the molecule is CCCNC1CC(c2ccc(Cl)cc2)C1(C)CC. The van der Waals surface area contributed by atoms with Crippen LogP contribution < -0.4 is 5.32 Å². The van der Waals surface area contributed by atoms with Crippen molar-refractivity contribution < 1.29 is 0 Å². The summed E-state index contributed by atoms with van der Waals surface area (Å²) in [6, 6.07) is 9.08. The van der Waals surface area contributed by atoms with E-state index in [1.807, 2.05) is 12.1 Å². The van der Waals surface area contributed by atoms with Crippen molar-refractivity contribution in [2.45, 2.75) is 52.0 Å². The summed E-state index contributed by atoms with van der Waals surface area (Å²) >= 11 is 5.97. The summed E-state index contributed by atoms with van der Waals surface area (Å²) in [4.78, 5) is 0. The van der Waals surface area contributed by atoms with Crippen LogP contribution in [0.1, 0.15) is 51.5 Å². The number of rotatable bonds is 5. The fourth-order valence-corrected chi connectivity index (χ4v) is 3.32. The lowest BCUT2D eigenvalue weighted by molar-refractivity contribution is 0.0445. The predicted molar refractivity (Wildman–Crippen MR) is 79.3 cm³/mol. The van der Waals surface area contributed by atoms with E-state index in [4.69, 9.17) is 11.6 Å². The minimum atomic E-state index is 0.392. The highest BCUT2D eigenvalue weighted by atomic mass is 35.5. The second-order valence-electron chi connectivity index (χ2n) is 5.71. The molecule has 0 spiro atoms. The molecule has 0 radical (unpaired) electrons. The van der Waals surface area contributed by atoms with Crippen LogP contribution in [0.15, 0.2) is 24.3 Å². The largest absolute Gasteiger partial charge is 0.313 e. The Bertz CT molecular complexity index is 387. The average molecular weight is 266 g/mol. The summed E-state index contributed by atoms with van der Waals surface area (Å²) in [5.74, 6) is 0.675. The molecule has 2 heteroatoms. The molecule has 0 aromatic heterocycles. The number of hydrogen-bond donors (Lipinski definition) is 1. The highest BCUT2D eigenvalue weighted by molar-refractivity contribution is 6.30. The first-order valence-corrected chi connectivity index (χ1v) is 7.48. The molecule has 0 amide bonds. The van der Waals surface area contributed by atoms with Gasteiger partial charge in [-0.25, -0.2) is 0 Å². The Kier molecular flexibility index (Phi) is 4.34. The minimum absolute atomic E-state index is 0.392.